The van der Waals surface area contributed by atoms with E-state index in [-0.39, 0.29) is 18.0 Å². The number of imidazole rings is 1. The van der Waals surface area contributed by atoms with Crippen molar-refractivity contribution in [1.29, 1.82) is 0 Å². The van der Waals surface area contributed by atoms with Crippen LogP contribution in [0.3, 0.4) is 0 Å². The first kappa shape index (κ1) is 14.0. The lowest BCUT2D eigenvalue weighted by Gasteiger charge is -2.43. The van der Waals surface area contributed by atoms with E-state index in [4.69, 9.17) is 0 Å². The average molecular weight is 317 g/mol. The lowest BCUT2D eigenvalue weighted by molar-refractivity contribution is -0.0554. The van der Waals surface area contributed by atoms with Crippen molar-refractivity contribution in [2.75, 3.05) is 0 Å². The first-order valence-electron chi connectivity index (χ1n) is 7.65. The SMILES string of the molecule is Cn1ccnc1C1(O)CC2CCC(C1)N2C(=O)c1cccs1. The molecule has 2 aliphatic rings. The van der Waals surface area contributed by atoms with Crippen LogP contribution >= 0.6 is 11.3 Å². The zero-order chi connectivity index (χ0) is 15.3. The van der Waals surface area contributed by atoms with Crippen molar-refractivity contribution in [2.24, 2.45) is 7.05 Å². The number of hydrogen-bond acceptors (Lipinski definition) is 4. The van der Waals surface area contributed by atoms with Gasteiger partial charge in [0.05, 0.1) is 4.88 Å². The van der Waals surface area contributed by atoms with Gasteiger partial charge in [0.1, 0.15) is 11.4 Å². The summed E-state index contributed by atoms with van der Waals surface area (Å²) < 4.78 is 1.89. The summed E-state index contributed by atoms with van der Waals surface area (Å²) in [5.74, 6) is 0.831. The largest absolute Gasteiger partial charge is 0.382 e. The van der Waals surface area contributed by atoms with Crippen molar-refractivity contribution in [3.05, 3.63) is 40.6 Å². The Hall–Kier alpha value is -1.66. The summed E-state index contributed by atoms with van der Waals surface area (Å²) in [6.07, 6.45) is 6.66. The second-order valence-corrected chi connectivity index (χ2v) is 7.32. The molecule has 2 fully saturated rings. The Kier molecular flexibility index (Phi) is 3.13. The monoisotopic (exact) mass is 317 g/mol. The van der Waals surface area contributed by atoms with E-state index in [0.29, 0.717) is 18.7 Å². The number of rotatable bonds is 2. The van der Waals surface area contributed by atoms with Gasteiger partial charge in [0.25, 0.3) is 5.91 Å². The van der Waals surface area contributed by atoms with E-state index >= 15 is 0 Å². The van der Waals surface area contributed by atoms with Crippen LogP contribution in [0, 0.1) is 0 Å². The van der Waals surface area contributed by atoms with Gasteiger partial charge in [0.15, 0.2) is 0 Å². The highest BCUT2D eigenvalue weighted by atomic mass is 32.1. The number of amides is 1. The van der Waals surface area contributed by atoms with Gasteiger partial charge in [-0.2, -0.15) is 0 Å². The van der Waals surface area contributed by atoms with E-state index in [2.05, 4.69) is 4.98 Å². The smallest absolute Gasteiger partial charge is 0.264 e. The summed E-state index contributed by atoms with van der Waals surface area (Å²) in [6.45, 7) is 0. The van der Waals surface area contributed by atoms with Crippen molar-refractivity contribution >= 4 is 17.2 Å². The molecule has 2 aliphatic heterocycles. The Morgan fingerprint density at radius 1 is 1.41 bits per heavy atom. The van der Waals surface area contributed by atoms with Crippen LogP contribution in [0.1, 0.15) is 41.2 Å². The van der Waals surface area contributed by atoms with Gasteiger partial charge < -0.3 is 14.6 Å². The van der Waals surface area contributed by atoms with Gasteiger partial charge in [-0.05, 0) is 24.3 Å². The molecular weight excluding hydrogens is 298 g/mol. The maximum Gasteiger partial charge on any atom is 0.264 e. The number of nitrogens with zero attached hydrogens (tertiary/aromatic N) is 3. The number of hydrogen-bond donors (Lipinski definition) is 1. The fraction of sp³-hybridized carbons (Fsp3) is 0.500. The van der Waals surface area contributed by atoms with E-state index in [9.17, 15) is 9.90 Å². The van der Waals surface area contributed by atoms with E-state index in [1.807, 2.05) is 40.2 Å². The minimum Gasteiger partial charge on any atom is -0.382 e. The molecule has 0 aliphatic carbocycles. The number of piperidine rings is 1. The van der Waals surface area contributed by atoms with Crippen LogP contribution in [-0.2, 0) is 12.6 Å². The number of aryl methyl sites for hydroxylation is 1. The van der Waals surface area contributed by atoms with Crippen molar-refractivity contribution in [1.82, 2.24) is 14.5 Å². The summed E-state index contributed by atoms with van der Waals surface area (Å²) in [6, 6.07) is 4.00. The zero-order valence-corrected chi connectivity index (χ0v) is 13.3. The molecule has 2 aromatic rings. The second-order valence-electron chi connectivity index (χ2n) is 6.38. The number of fused-ring (bicyclic) bond motifs is 2. The average Bonchev–Trinajstić information content (AvgIpc) is 3.19. The van der Waals surface area contributed by atoms with Crippen LogP contribution in [0.4, 0.5) is 0 Å². The van der Waals surface area contributed by atoms with Crippen molar-refractivity contribution < 1.29 is 9.90 Å². The Morgan fingerprint density at radius 2 is 2.14 bits per heavy atom. The van der Waals surface area contributed by atoms with Gasteiger partial charge in [-0.3, -0.25) is 4.79 Å². The Balaban J connectivity index is 1.62. The van der Waals surface area contributed by atoms with Gasteiger partial charge >= 0.3 is 0 Å². The predicted molar refractivity (Wildman–Crippen MR) is 83.6 cm³/mol. The number of carbonyl (C=O) groups is 1. The van der Waals surface area contributed by atoms with Crippen LogP contribution < -0.4 is 0 Å². The Bertz CT molecular complexity index is 680. The summed E-state index contributed by atoms with van der Waals surface area (Å²) in [5, 5.41) is 13.0. The molecule has 0 spiro atoms. The Morgan fingerprint density at radius 3 is 2.68 bits per heavy atom. The molecule has 22 heavy (non-hydrogen) atoms. The highest BCUT2D eigenvalue weighted by molar-refractivity contribution is 7.12. The van der Waals surface area contributed by atoms with E-state index in [1.54, 1.807) is 6.20 Å². The molecule has 4 rings (SSSR count). The number of aromatic nitrogens is 2. The molecule has 0 radical (unpaired) electrons. The Labute approximate surface area is 133 Å². The highest BCUT2D eigenvalue weighted by Gasteiger charge is 2.51. The molecule has 2 aromatic heterocycles. The third-order valence-corrected chi connectivity index (χ3v) is 5.83. The summed E-state index contributed by atoms with van der Waals surface area (Å²) in [5.41, 5.74) is -0.920. The molecule has 6 heteroatoms. The van der Waals surface area contributed by atoms with Gasteiger partial charge in [-0.25, -0.2) is 4.98 Å². The van der Waals surface area contributed by atoms with Crippen molar-refractivity contribution in [2.45, 2.75) is 43.4 Å². The second kappa shape index (κ2) is 4.93. The fourth-order valence-corrected chi connectivity index (χ4v) is 4.75. The van der Waals surface area contributed by atoms with Crippen LogP contribution in [-0.4, -0.2) is 37.5 Å². The van der Waals surface area contributed by atoms with E-state index in [0.717, 1.165) is 17.7 Å². The van der Waals surface area contributed by atoms with E-state index < -0.39 is 5.60 Å². The molecule has 0 aromatic carbocycles. The molecule has 2 saturated heterocycles. The van der Waals surface area contributed by atoms with Gasteiger partial charge in [0, 0.05) is 44.4 Å². The lowest BCUT2D eigenvalue weighted by Crippen LogP contribution is -2.52. The van der Waals surface area contributed by atoms with Crippen LogP contribution in [0.25, 0.3) is 0 Å². The summed E-state index contributed by atoms with van der Waals surface area (Å²) in [4.78, 5) is 19.9. The number of thiophene rings is 1. The molecule has 2 bridgehead atoms. The summed E-state index contributed by atoms with van der Waals surface area (Å²) >= 11 is 1.49. The van der Waals surface area contributed by atoms with E-state index in [1.165, 1.54) is 11.3 Å². The molecule has 116 valence electrons. The number of aliphatic hydroxyl groups is 1. The first-order valence-corrected chi connectivity index (χ1v) is 8.53. The highest BCUT2D eigenvalue weighted by Crippen LogP contribution is 2.45. The van der Waals surface area contributed by atoms with Crippen molar-refractivity contribution in [3.8, 4) is 0 Å². The van der Waals surface area contributed by atoms with Crippen LogP contribution in [0.5, 0.6) is 0 Å². The standard InChI is InChI=1S/C16H19N3O2S/c1-18-7-6-17-15(18)16(21)9-11-4-5-12(10-16)19(11)14(20)13-3-2-8-22-13/h2-3,6-8,11-12,21H,4-5,9-10H2,1H3. The summed E-state index contributed by atoms with van der Waals surface area (Å²) in [7, 11) is 1.91. The predicted octanol–water partition coefficient (Wildman–Crippen LogP) is 2.14. The lowest BCUT2D eigenvalue weighted by atomic mass is 9.85. The third-order valence-electron chi connectivity index (χ3n) is 4.97. The van der Waals surface area contributed by atoms with Gasteiger partial charge in [0.2, 0.25) is 0 Å². The normalized spacial score (nSPS) is 30.7. The van der Waals surface area contributed by atoms with Crippen molar-refractivity contribution in [3.63, 3.8) is 0 Å². The minimum absolute atomic E-state index is 0.107. The molecule has 2 atom stereocenters. The maximum absolute atomic E-state index is 12.7. The maximum atomic E-state index is 12.7. The first-order chi connectivity index (χ1) is 10.6. The molecule has 5 nitrogen and oxygen atoms in total. The fourth-order valence-electron chi connectivity index (χ4n) is 4.08. The third kappa shape index (κ3) is 2.01. The molecule has 4 heterocycles. The molecular formula is C16H19N3O2S. The molecule has 1 N–H and O–H groups in total. The quantitative estimate of drug-likeness (QED) is 0.923. The molecule has 1 amide bonds. The minimum atomic E-state index is -0.920. The zero-order valence-electron chi connectivity index (χ0n) is 12.5. The number of carbonyl (C=O) groups excluding carboxylic acids is 1. The van der Waals surface area contributed by atoms with Gasteiger partial charge in [-0.1, -0.05) is 6.07 Å². The van der Waals surface area contributed by atoms with Crippen LogP contribution in [0.15, 0.2) is 29.9 Å². The molecule has 2 unspecified atom stereocenters. The molecule has 0 saturated carbocycles. The topological polar surface area (TPSA) is 58.4 Å². The van der Waals surface area contributed by atoms with Crippen LogP contribution in [0.2, 0.25) is 0 Å². The van der Waals surface area contributed by atoms with Gasteiger partial charge in [-0.15, -0.1) is 11.3 Å².